The van der Waals surface area contributed by atoms with E-state index in [1.54, 1.807) is 0 Å². The largest absolute Gasteiger partial charge is 0.395 e. The van der Waals surface area contributed by atoms with Crippen molar-refractivity contribution < 1.29 is 13.5 Å². The molecule has 23 heavy (non-hydrogen) atoms. The zero-order valence-electron chi connectivity index (χ0n) is 12.8. The molecule has 0 amide bonds. The lowest BCUT2D eigenvalue weighted by Gasteiger charge is -2.49. The summed E-state index contributed by atoms with van der Waals surface area (Å²) >= 11 is 0. The zero-order chi connectivity index (χ0) is 16.6. The molecular weight excluding hydrogens is 312 g/mol. The Hall–Kier alpha value is -1.86. The molecule has 120 valence electrons. The fraction of sp³-hybridized carbons (Fsp3) is 0.471. The Balaban J connectivity index is 1.83. The quantitative estimate of drug-likeness (QED) is 0.840. The minimum Gasteiger partial charge on any atom is -0.395 e. The third-order valence-electron chi connectivity index (χ3n) is 4.35. The number of hydrogen-bond acceptors (Lipinski definition) is 4. The van der Waals surface area contributed by atoms with Crippen LogP contribution in [0.2, 0.25) is 0 Å². The van der Waals surface area contributed by atoms with Gasteiger partial charge < -0.3 is 5.11 Å². The van der Waals surface area contributed by atoms with Crippen LogP contribution in [-0.4, -0.2) is 42.8 Å². The van der Waals surface area contributed by atoms with Crippen molar-refractivity contribution in [2.24, 2.45) is 5.92 Å². The van der Waals surface area contributed by atoms with Crippen molar-refractivity contribution in [3.63, 3.8) is 0 Å². The van der Waals surface area contributed by atoms with Crippen molar-refractivity contribution in [1.29, 1.82) is 5.26 Å². The summed E-state index contributed by atoms with van der Waals surface area (Å²) in [5.41, 5.74) is 1.77. The lowest BCUT2D eigenvalue weighted by atomic mass is 9.78. The highest BCUT2D eigenvalue weighted by molar-refractivity contribution is 7.88. The van der Waals surface area contributed by atoms with Gasteiger partial charge in [-0.05, 0) is 30.5 Å². The number of nitrogens with zero attached hydrogens (tertiary/aromatic N) is 2. The highest BCUT2D eigenvalue weighted by atomic mass is 32.2. The van der Waals surface area contributed by atoms with Crippen LogP contribution in [0.1, 0.15) is 29.9 Å². The smallest absolute Gasteiger partial charge is 0.212 e. The fourth-order valence-electron chi connectivity index (χ4n) is 3.02. The van der Waals surface area contributed by atoms with Crippen molar-refractivity contribution in [1.82, 2.24) is 4.31 Å². The maximum Gasteiger partial charge on any atom is 0.212 e. The lowest BCUT2D eigenvalue weighted by Crippen LogP contribution is -2.64. The Labute approximate surface area is 136 Å². The predicted molar refractivity (Wildman–Crippen MR) is 85.7 cm³/mol. The number of hydrogen-bond donors (Lipinski definition) is 1. The molecule has 0 unspecified atom stereocenters. The Morgan fingerprint density at radius 2 is 1.96 bits per heavy atom. The standard InChI is InChI=1S/C17H18N2O3S/c1-23(21,22)19-15(10-18)17(16(19)11-20)14-8-6-13(7-9-14)5-4-12-2-3-12/h6-9,12,15-17,20H,2-3,11H2,1H3/t15-,16+,17-/m1/s1. The van der Waals surface area contributed by atoms with Crippen LogP contribution in [0.3, 0.4) is 0 Å². The van der Waals surface area contributed by atoms with Crippen LogP contribution in [0.15, 0.2) is 24.3 Å². The van der Waals surface area contributed by atoms with Gasteiger partial charge in [0.15, 0.2) is 0 Å². The van der Waals surface area contributed by atoms with Gasteiger partial charge in [0.25, 0.3) is 0 Å². The van der Waals surface area contributed by atoms with Gasteiger partial charge in [0.2, 0.25) is 10.0 Å². The van der Waals surface area contributed by atoms with Crippen LogP contribution in [0.5, 0.6) is 0 Å². The van der Waals surface area contributed by atoms with Crippen molar-refractivity contribution >= 4 is 10.0 Å². The topological polar surface area (TPSA) is 81.4 Å². The molecule has 1 aromatic carbocycles. The van der Waals surface area contributed by atoms with E-state index in [2.05, 4.69) is 11.8 Å². The van der Waals surface area contributed by atoms with E-state index < -0.39 is 22.1 Å². The molecule has 1 aliphatic carbocycles. The second-order valence-electron chi connectivity index (χ2n) is 6.11. The average Bonchev–Trinajstić information content (AvgIpc) is 3.29. The van der Waals surface area contributed by atoms with Crippen LogP contribution in [0.25, 0.3) is 0 Å². The van der Waals surface area contributed by atoms with Gasteiger partial charge in [-0.1, -0.05) is 24.0 Å². The average molecular weight is 330 g/mol. The second kappa shape index (κ2) is 5.98. The minimum absolute atomic E-state index is 0.306. The van der Waals surface area contributed by atoms with Gasteiger partial charge in [-0.25, -0.2) is 8.42 Å². The number of rotatable bonds is 3. The molecule has 0 aromatic heterocycles. The first-order valence-electron chi connectivity index (χ1n) is 7.56. The van der Waals surface area contributed by atoms with Crippen LogP contribution >= 0.6 is 0 Å². The predicted octanol–water partition coefficient (Wildman–Crippen LogP) is 1.06. The molecular formula is C17H18N2O3S. The zero-order valence-corrected chi connectivity index (χ0v) is 13.6. The molecule has 1 saturated heterocycles. The van der Waals surface area contributed by atoms with Crippen molar-refractivity contribution in [2.75, 3.05) is 12.9 Å². The van der Waals surface area contributed by atoms with Crippen LogP contribution in [-0.2, 0) is 10.0 Å². The number of nitriles is 1. The Bertz CT molecular complexity index is 795. The van der Waals surface area contributed by atoms with Gasteiger partial charge in [-0.15, -0.1) is 0 Å². The number of sulfonamides is 1. The monoisotopic (exact) mass is 330 g/mol. The molecule has 0 bridgehead atoms. The summed E-state index contributed by atoms with van der Waals surface area (Å²) in [5, 5.41) is 18.8. The Kier molecular flexibility index (Phi) is 4.16. The Morgan fingerprint density at radius 1 is 1.30 bits per heavy atom. The highest BCUT2D eigenvalue weighted by Crippen LogP contribution is 2.41. The van der Waals surface area contributed by atoms with Crippen molar-refractivity contribution in [3.05, 3.63) is 35.4 Å². The molecule has 2 aliphatic rings. The van der Waals surface area contributed by atoms with Gasteiger partial charge in [-0.3, -0.25) is 0 Å². The van der Waals surface area contributed by atoms with Gasteiger partial charge >= 0.3 is 0 Å². The molecule has 0 spiro atoms. The molecule has 1 aliphatic heterocycles. The van der Waals surface area contributed by atoms with E-state index >= 15 is 0 Å². The summed E-state index contributed by atoms with van der Waals surface area (Å²) in [5.74, 6) is 6.53. The maximum atomic E-state index is 11.8. The lowest BCUT2D eigenvalue weighted by molar-refractivity contribution is 0.0564. The first kappa shape index (κ1) is 16.0. The van der Waals surface area contributed by atoms with E-state index in [9.17, 15) is 18.8 Å². The Morgan fingerprint density at radius 3 is 2.43 bits per heavy atom. The summed E-state index contributed by atoms with van der Waals surface area (Å²) in [7, 11) is -3.52. The number of aliphatic hydroxyl groups is 1. The first-order valence-corrected chi connectivity index (χ1v) is 9.41. The van der Waals surface area contributed by atoms with Crippen molar-refractivity contribution in [3.8, 4) is 17.9 Å². The maximum absolute atomic E-state index is 11.8. The van der Waals surface area contributed by atoms with E-state index in [0.29, 0.717) is 5.92 Å². The molecule has 1 heterocycles. The number of aliphatic hydroxyl groups excluding tert-OH is 1. The van der Waals surface area contributed by atoms with Gasteiger partial charge in [0.1, 0.15) is 6.04 Å². The highest BCUT2D eigenvalue weighted by Gasteiger charge is 2.53. The van der Waals surface area contributed by atoms with Crippen LogP contribution < -0.4 is 0 Å². The summed E-state index contributed by atoms with van der Waals surface area (Å²) < 4.78 is 24.7. The van der Waals surface area contributed by atoms with E-state index in [4.69, 9.17) is 0 Å². The van der Waals surface area contributed by atoms with Gasteiger partial charge in [-0.2, -0.15) is 9.57 Å². The molecule has 1 saturated carbocycles. The molecule has 0 radical (unpaired) electrons. The van der Waals surface area contributed by atoms with E-state index in [0.717, 1.165) is 21.7 Å². The third-order valence-corrected chi connectivity index (χ3v) is 5.62. The number of benzene rings is 1. The summed E-state index contributed by atoms with van der Waals surface area (Å²) in [6, 6.07) is 8.19. The summed E-state index contributed by atoms with van der Waals surface area (Å²) in [4.78, 5) is 0. The second-order valence-corrected chi connectivity index (χ2v) is 8.00. The fourth-order valence-corrected chi connectivity index (χ4v) is 4.30. The molecule has 6 heteroatoms. The SMILES string of the molecule is CS(=O)(=O)N1[C@H](C#N)[C@@H](c2ccc(C#CC3CC3)cc2)[C@@H]1CO. The third kappa shape index (κ3) is 3.11. The van der Waals surface area contributed by atoms with Crippen LogP contribution in [0.4, 0.5) is 0 Å². The van der Waals surface area contributed by atoms with E-state index in [1.165, 1.54) is 12.8 Å². The van der Waals surface area contributed by atoms with Crippen molar-refractivity contribution in [2.45, 2.75) is 30.8 Å². The van der Waals surface area contributed by atoms with Crippen LogP contribution in [0, 0.1) is 29.1 Å². The molecule has 5 nitrogen and oxygen atoms in total. The molecule has 2 fully saturated rings. The van der Waals surface area contributed by atoms with E-state index in [-0.39, 0.29) is 12.5 Å². The summed E-state index contributed by atoms with van der Waals surface area (Å²) in [6.45, 7) is -0.306. The van der Waals surface area contributed by atoms with Gasteiger partial charge in [0, 0.05) is 17.4 Å². The normalized spacial score (nSPS) is 27.4. The first-order chi connectivity index (χ1) is 11.0. The molecule has 1 N–H and O–H groups in total. The van der Waals surface area contributed by atoms with Gasteiger partial charge in [0.05, 0.1) is 25.0 Å². The summed E-state index contributed by atoms with van der Waals surface area (Å²) in [6.07, 6.45) is 3.42. The molecule has 3 atom stereocenters. The molecule has 3 rings (SSSR count). The van der Waals surface area contributed by atoms with E-state index in [1.807, 2.05) is 30.3 Å². The minimum atomic E-state index is -3.52. The molecule has 1 aromatic rings.